The van der Waals surface area contributed by atoms with Crippen LogP contribution in [0.15, 0.2) is 27.6 Å². The third-order valence-electron chi connectivity index (χ3n) is 6.67. The molecule has 2 aliphatic rings. The number of hydrogen-bond donors (Lipinski definition) is 0. The highest BCUT2D eigenvalue weighted by Gasteiger charge is 2.32. The van der Waals surface area contributed by atoms with E-state index in [-0.39, 0.29) is 16.5 Å². The van der Waals surface area contributed by atoms with Crippen LogP contribution in [0.5, 0.6) is 5.75 Å². The third-order valence-corrected chi connectivity index (χ3v) is 7.78. The van der Waals surface area contributed by atoms with Gasteiger partial charge in [0.25, 0.3) is 0 Å². The molecule has 1 saturated heterocycles. The van der Waals surface area contributed by atoms with Gasteiger partial charge in [0.15, 0.2) is 27.1 Å². The molecule has 0 bridgehead atoms. The summed E-state index contributed by atoms with van der Waals surface area (Å²) in [6, 6.07) is 4.63. The summed E-state index contributed by atoms with van der Waals surface area (Å²) in [5.74, 6) is -0.159. The lowest BCUT2D eigenvalue weighted by molar-refractivity contribution is 0.109. The Balaban J connectivity index is 1.21. The van der Waals surface area contributed by atoms with Crippen LogP contribution >= 0.6 is 0 Å². The van der Waals surface area contributed by atoms with Gasteiger partial charge in [-0.05, 0) is 63.6 Å². The number of piperazine rings is 1. The van der Waals surface area contributed by atoms with Crippen LogP contribution in [0.2, 0.25) is 0 Å². The van der Waals surface area contributed by atoms with Gasteiger partial charge in [-0.15, -0.1) is 0 Å². The van der Waals surface area contributed by atoms with Crippen LogP contribution in [0, 0.1) is 11.7 Å². The molecule has 1 aliphatic carbocycles. The predicted molar refractivity (Wildman–Crippen MR) is 123 cm³/mol. The van der Waals surface area contributed by atoms with Crippen molar-refractivity contribution in [2.45, 2.75) is 56.1 Å². The zero-order chi connectivity index (χ0) is 24.5. The number of sulfone groups is 1. The molecule has 2 heterocycles. The molecule has 1 aromatic carbocycles. The van der Waals surface area contributed by atoms with Crippen LogP contribution in [0.1, 0.15) is 45.4 Å². The van der Waals surface area contributed by atoms with Crippen LogP contribution in [0.4, 0.5) is 14.8 Å². The highest BCUT2D eigenvalue weighted by Crippen LogP contribution is 2.31. The van der Waals surface area contributed by atoms with Gasteiger partial charge in [-0.2, -0.15) is 4.98 Å². The number of alkyl halides is 1. The second-order valence-electron chi connectivity index (χ2n) is 9.75. The Bertz CT molecular complexity index is 1090. The van der Waals surface area contributed by atoms with Gasteiger partial charge in [0.05, 0.1) is 11.5 Å². The molecule has 2 aromatic rings. The molecule has 4 rings (SSSR count). The van der Waals surface area contributed by atoms with E-state index in [0.29, 0.717) is 24.6 Å². The number of ether oxygens (including phenoxy) is 1. The molecule has 0 radical (unpaired) electrons. The fourth-order valence-electron chi connectivity index (χ4n) is 4.58. The molecule has 0 N–H and O–H groups in total. The number of anilines is 1. The Hall–Kier alpha value is -2.27. The average Bonchev–Trinajstić information content (AvgIpc) is 3.29. The quantitative estimate of drug-likeness (QED) is 0.573. The van der Waals surface area contributed by atoms with Crippen LogP contribution in [-0.2, 0) is 15.5 Å². The summed E-state index contributed by atoms with van der Waals surface area (Å²) in [6.07, 6.45) is 5.13. The summed E-state index contributed by atoms with van der Waals surface area (Å²) in [4.78, 5) is 8.63. The van der Waals surface area contributed by atoms with Crippen molar-refractivity contribution < 1.29 is 26.5 Å². The normalized spacial score (nSPS) is 22.7. The molecule has 0 amide bonds. The summed E-state index contributed by atoms with van der Waals surface area (Å²) in [6.45, 7) is 6.49. The van der Waals surface area contributed by atoms with E-state index in [9.17, 15) is 17.2 Å². The number of hydrogen-bond acceptors (Lipinski definition) is 8. The predicted octanol–water partition coefficient (Wildman–Crippen LogP) is 3.58. The van der Waals surface area contributed by atoms with Crippen LogP contribution in [0.25, 0.3) is 0 Å². The van der Waals surface area contributed by atoms with E-state index < -0.39 is 21.3 Å². The van der Waals surface area contributed by atoms with E-state index in [4.69, 9.17) is 9.26 Å². The Kier molecular flexibility index (Phi) is 7.14. The molecular formula is C23H32F2N4O4S. The van der Waals surface area contributed by atoms with Crippen molar-refractivity contribution in [1.29, 1.82) is 0 Å². The highest BCUT2D eigenvalue weighted by molar-refractivity contribution is 7.90. The highest BCUT2D eigenvalue weighted by atomic mass is 32.2. The topological polar surface area (TPSA) is 88.8 Å². The molecule has 2 fully saturated rings. The fraction of sp³-hybridized carbons (Fsp3) is 0.652. The minimum absolute atomic E-state index is 0.0521. The number of halogens is 2. The van der Waals surface area contributed by atoms with Gasteiger partial charge in [-0.1, -0.05) is 5.16 Å². The maximum absolute atomic E-state index is 14.2. The van der Waals surface area contributed by atoms with Gasteiger partial charge >= 0.3 is 6.01 Å². The molecule has 1 saturated carbocycles. The molecule has 0 atom stereocenters. The summed E-state index contributed by atoms with van der Waals surface area (Å²) in [7, 11) is -3.45. The van der Waals surface area contributed by atoms with Gasteiger partial charge in [0, 0.05) is 38.5 Å². The lowest BCUT2D eigenvalue weighted by Gasteiger charge is -2.41. The lowest BCUT2D eigenvalue weighted by atomic mass is 9.85. The maximum Gasteiger partial charge on any atom is 0.324 e. The first-order chi connectivity index (χ1) is 16.0. The van der Waals surface area contributed by atoms with Crippen molar-refractivity contribution >= 4 is 15.9 Å². The van der Waals surface area contributed by atoms with Gasteiger partial charge in [-0.25, -0.2) is 17.2 Å². The lowest BCUT2D eigenvalue weighted by Crippen LogP contribution is -2.51. The van der Waals surface area contributed by atoms with Crippen molar-refractivity contribution in [2.24, 2.45) is 5.92 Å². The van der Waals surface area contributed by atoms with Gasteiger partial charge < -0.3 is 14.2 Å². The summed E-state index contributed by atoms with van der Waals surface area (Å²) >= 11 is 0. The Morgan fingerprint density at radius 2 is 1.82 bits per heavy atom. The molecule has 34 heavy (non-hydrogen) atoms. The first-order valence-corrected chi connectivity index (χ1v) is 13.5. The van der Waals surface area contributed by atoms with E-state index >= 15 is 0 Å². The Morgan fingerprint density at radius 3 is 2.38 bits per heavy atom. The number of nitrogens with zero attached hydrogens (tertiary/aromatic N) is 4. The maximum atomic E-state index is 14.2. The second-order valence-corrected chi connectivity index (χ2v) is 11.8. The Morgan fingerprint density at radius 1 is 1.15 bits per heavy atom. The van der Waals surface area contributed by atoms with Crippen molar-refractivity contribution in [3.8, 4) is 5.75 Å². The Labute approximate surface area is 199 Å². The van der Waals surface area contributed by atoms with E-state index in [1.807, 2.05) is 4.90 Å². The van der Waals surface area contributed by atoms with Gasteiger partial charge in [0.2, 0.25) is 5.82 Å². The van der Waals surface area contributed by atoms with Crippen molar-refractivity contribution in [3.63, 3.8) is 0 Å². The fourth-order valence-corrected chi connectivity index (χ4v) is 5.21. The summed E-state index contributed by atoms with van der Waals surface area (Å²) < 4.78 is 62.3. The van der Waals surface area contributed by atoms with Crippen LogP contribution < -0.4 is 9.64 Å². The first-order valence-electron chi connectivity index (χ1n) is 11.6. The minimum Gasteiger partial charge on any atom is -0.490 e. The third kappa shape index (κ3) is 5.86. The molecule has 8 nitrogen and oxygen atoms in total. The van der Waals surface area contributed by atoms with E-state index in [0.717, 1.165) is 64.2 Å². The molecule has 0 unspecified atom stereocenters. The zero-order valence-corrected chi connectivity index (χ0v) is 20.7. The summed E-state index contributed by atoms with van der Waals surface area (Å²) in [5.41, 5.74) is -1.63. The number of benzene rings is 1. The first kappa shape index (κ1) is 24.8. The van der Waals surface area contributed by atoms with Crippen molar-refractivity contribution in [3.05, 3.63) is 29.8 Å². The van der Waals surface area contributed by atoms with Crippen molar-refractivity contribution in [2.75, 3.05) is 43.9 Å². The minimum atomic E-state index is -3.45. The number of rotatable bonds is 7. The van der Waals surface area contributed by atoms with Crippen LogP contribution in [0.3, 0.4) is 0 Å². The second kappa shape index (κ2) is 9.77. The zero-order valence-electron chi connectivity index (χ0n) is 19.8. The van der Waals surface area contributed by atoms with E-state index in [1.165, 1.54) is 26.0 Å². The molecule has 1 aromatic heterocycles. The van der Waals surface area contributed by atoms with Crippen LogP contribution in [-0.4, -0.2) is 68.5 Å². The average molecular weight is 499 g/mol. The standard InChI is InChI=1S/C23H32F2N4O4S/c1-23(2,25)21-26-22(33-27-21)29-12-10-28(11-13-29)17-6-4-16(5-7-17)15-32-20-9-8-18(14-19(20)24)34(3,30)31/h8-9,14,16-17H,4-7,10-13,15H2,1-3H3/t16-,17-. The monoisotopic (exact) mass is 498 g/mol. The molecule has 188 valence electrons. The van der Waals surface area contributed by atoms with Gasteiger partial charge in [-0.3, -0.25) is 4.90 Å². The van der Waals surface area contributed by atoms with Gasteiger partial charge in [0.1, 0.15) is 0 Å². The SMILES string of the molecule is CC(C)(F)c1noc(N2CCN([C@H]3CC[C@H](COc4ccc(S(C)(=O)=O)cc4F)CC3)CC2)n1. The molecule has 11 heteroatoms. The largest absolute Gasteiger partial charge is 0.490 e. The number of aromatic nitrogens is 2. The van der Waals surface area contributed by atoms with E-state index in [1.54, 1.807) is 0 Å². The van der Waals surface area contributed by atoms with E-state index in [2.05, 4.69) is 15.0 Å². The van der Waals surface area contributed by atoms with Crippen molar-refractivity contribution in [1.82, 2.24) is 15.0 Å². The molecule has 0 spiro atoms. The molecular weight excluding hydrogens is 466 g/mol. The molecule has 1 aliphatic heterocycles. The summed E-state index contributed by atoms with van der Waals surface area (Å²) in [5, 5.41) is 3.76. The smallest absolute Gasteiger partial charge is 0.324 e.